The summed E-state index contributed by atoms with van der Waals surface area (Å²) in [5, 5.41) is 9.34. The summed E-state index contributed by atoms with van der Waals surface area (Å²) in [6, 6.07) is 9.61. The summed E-state index contributed by atoms with van der Waals surface area (Å²) < 4.78 is 10.8. The number of rotatable bonds is 10. The highest BCUT2D eigenvalue weighted by atomic mass is 127. The van der Waals surface area contributed by atoms with E-state index in [0.29, 0.717) is 38.0 Å². The Balaban J connectivity index is 0.00000420. The van der Waals surface area contributed by atoms with Crippen molar-refractivity contribution in [2.24, 2.45) is 4.99 Å². The molecule has 0 atom stereocenters. The first kappa shape index (κ1) is 24.5. The summed E-state index contributed by atoms with van der Waals surface area (Å²) in [4.78, 5) is 16.2. The standard InChI is InChI=1S/C21H28N4O3.HI/c1-4-13-27-18-9-6-5-8-17(18)15-25-21(22-3)24-12-7-11-23-20(26)19-16(2)10-14-28-19;/h4-6,8-10,14H,1,7,11-13,15H2,2-3H3,(H,23,26)(H2,22,24,25);1H. The summed E-state index contributed by atoms with van der Waals surface area (Å²) in [6.07, 6.45) is 3.99. The van der Waals surface area contributed by atoms with Crippen LogP contribution in [0.2, 0.25) is 0 Å². The van der Waals surface area contributed by atoms with Crippen molar-refractivity contribution in [2.45, 2.75) is 19.9 Å². The molecular weight excluding hydrogens is 483 g/mol. The number of hydrogen-bond acceptors (Lipinski definition) is 4. The van der Waals surface area contributed by atoms with Crippen molar-refractivity contribution in [3.63, 3.8) is 0 Å². The van der Waals surface area contributed by atoms with Gasteiger partial charge in [-0.3, -0.25) is 9.79 Å². The van der Waals surface area contributed by atoms with Crippen LogP contribution in [-0.2, 0) is 6.54 Å². The zero-order valence-corrected chi connectivity index (χ0v) is 19.2. The van der Waals surface area contributed by atoms with Gasteiger partial charge in [-0.25, -0.2) is 0 Å². The van der Waals surface area contributed by atoms with Crippen molar-refractivity contribution in [1.29, 1.82) is 0 Å². The van der Waals surface area contributed by atoms with E-state index in [1.54, 1.807) is 19.2 Å². The van der Waals surface area contributed by atoms with E-state index in [9.17, 15) is 4.79 Å². The molecule has 0 aliphatic carbocycles. The van der Waals surface area contributed by atoms with Gasteiger partial charge in [-0.15, -0.1) is 24.0 Å². The molecule has 0 spiro atoms. The zero-order valence-electron chi connectivity index (χ0n) is 16.9. The number of benzene rings is 1. The number of nitrogens with zero attached hydrogens (tertiary/aromatic N) is 1. The molecule has 1 heterocycles. The first-order valence-electron chi connectivity index (χ1n) is 9.24. The number of ether oxygens (including phenoxy) is 1. The molecule has 0 aliphatic rings. The van der Waals surface area contributed by atoms with Crippen LogP contribution in [0.15, 0.2) is 58.7 Å². The molecule has 1 aromatic carbocycles. The number of aryl methyl sites for hydroxylation is 1. The topological polar surface area (TPSA) is 87.9 Å². The number of carbonyl (C=O) groups excluding carboxylic acids is 1. The Morgan fingerprint density at radius 3 is 2.66 bits per heavy atom. The van der Waals surface area contributed by atoms with Gasteiger partial charge in [-0.1, -0.05) is 30.9 Å². The summed E-state index contributed by atoms with van der Waals surface area (Å²) in [5.74, 6) is 1.68. The molecule has 0 saturated carbocycles. The Labute approximate surface area is 189 Å². The molecule has 1 aromatic heterocycles. The van der Waals surface area contributed by atoms with Crippen LogP contribution < -0.4 is 20.7 Å². The second kappa shape index (κ2) is 13.6. The van der Waals surface area contributed by atoms with E-state index in [-0.39, 0.29) is 29.9 Å². The number of aliphatic imine (C=N–C) groups is 1. The number of furan rings is 1. The lowest BCUT2D eigenvalue weighted by molar-refractivity contribution is 0.0925. The summed E-state index contributed by atoms with van der Waals surface area (Å²) in [5.41, 5.74) is 1.87. The predicted octanol–water partition coefficient (Wildman–Crippen LogP) is 3.26. The van der Waals surface area contributed by atoms with Gasteiger partial charge in [0.05, 0.1) is 6.26 Å². The molecule has 8 heteroatoms. The molecule has 0 unspecified atom stereocenters. The molecule has 2 rings (SSSR count). The Hall–Kier alpha value is -2.49. The monoisotopic (exact) mass is 512 g/mol. The van der Waals surface area contributed by atoms with Crippen molar-refractivity contribution >= 4 is 35.8 Å². The van der Waals surface area contributed by atoms with E-state index in [2.05, 4.69) is 27.5 Å². The van der Waals surface area contributed by atoms with Crippen molar-refractivity contribution in [1.82, 2.24) is 16.0 Å². The van der Waals surface area contributed by atoms with Crippen molar-refractivity contribution in [3.8, 4) is 5.75 Å². The van der Waals surface area contributed by atoms with Crippen LogP contribution in [0.4, 0.5) is 0 Å². The van der Waals surface area contributed by atoms with Crippen LogP contribution in [0.5, 0.6) is 5.75 Å². The SMILES string of the molecule is C=CCOc1ccccc1CNC(=NC)NCCCNC(=O)c1occc1C.I. The lowest BCUT2D eigenvalue weighted by Gasteiger charge is -2.14. The average Bonchev–Trinajstić information content (AvgIpc) is 3.15. The molecule has 0 radical (unpaired) electrons. The normalized spacial score (nSPS) is 10.6. The van der Waals surface area contributed by atoms with Crippen LogP contribution >= 0.6 is 24.0 Å². The second-order valence-electron chi connectivity index (χ2n) is 6.10. The maximum atomic E-state index is 12.0. The van der Waals surface area contributed by atoms with Crippen molar-refractivity contribution in [2.75, 3.05) is 26.7 Å². The summed E-state index contributed by atoms with van der Waals surface area (Å²) in [6.45, 7) is 7.78. The molecule has 2 aromatic rings. The van der Waals surface area contributed by atoms with Gasteiger partial charge >= 0.3 is 0 Å². The third-order valence-corrected chi connectivity index (χ3v) is 4.00. The molecule has 3 N–H and O–H groups in total. The van der Waals surface area contributed by atoms with Crippen LogP contribution in [-0.4, -0.2) is 38.6 Å². The quantitative estimate of drug-likeness (QED) is 0.150. The largest absolute Gasteiger partial charge is 0.489 e. The Kier molecular flexibility index (Phi) is 11.6. The van der Waals surface area contributed by atoms with E-state index in [1.807, 2.05) is 31.2 Å². The number of halogens is 1. The Bertz CT molecular complexity index is 805. The molecule has 0 bridgehead atoms. The Morgan fingerprint density at radius 2 is 1.97 bits per heavy atom. The molecule has 7 nitrogen and oxygen atoms in total. The zero-order chi connectivity index (χ0) is 20.2. The minimum atomic E-state index is -0.193. The highest BCUT2D eigenvalue weighted by molar-refractivity contribution is 14.0. The fourth-order valence-corrected chi connectivity index (χ4v) is 2.52. The van der Waals surface area contributed by atoms with Crippen molar-refractivity contribution < 1.29 is 13.9 Å². The van der Waals surface area contributed by atoms with Crippen LogP contribution in [0.1, 0.15) is 28.1 Å². The molecule has 0 aliphatic heterocycles. The van der Waals surface area contributed by atoms with Gasteiger partial charge in [-0.2, -0.15) is 0 Å². The van der Waals surface area contributed by atoms with Gasteiger partial charge in [-0.05, 0) is 25.5 Å². The average molecular weight is 512 g/mol. The number of hydrogen-bond donors (Lipinski definition) is 3. The first-order valence-corrected chi connectivity index (χ1v) is 9.24. The smallest absolute Gasteiger partial charge is 0.287 e. The lowest BCUT2D eigenvalue weighted by Crippen LogP contribution is -2.38. The van der Waals surface area contributed by atoms with E-state index < -0.39 is 0 Å². The van der Waals surface area contributed by atoms with Crippen LogP contribution in [0.3, 0.4) is 0 Å². The minimum absolute atomic E-state index is 0. The highest BCUT2D eigenvalue weighted by Gasteiger charge is 2.11. The van der Waals surface area contributed by atoms with Gasteiger partial charge < -0.3 is 25.1 Å². The molecule has 1 amide bonds. The first-order chi connectivity index (χ1) is 13.7. The minimum Gasteiger partial charge on any atom is -0.489 e. The van der Waals surface area contributed by atoms with Gasteiger partial charge in [0, 0.05) is 37.8 Å². The van der Waals surface area contributed by atoms with Gasteiger partial charge in [0.1, 0.15) is 12.4 Å². The van der Waals surface area contributed by atoms with Gasteiger partial charge in [0.15, 0.2) is 11.7 Å². The maximum Gasteiger partial charge on any atom is 0.287 e. The predicted molar refractivity (Wildman–Crippen MR) is 126 cm³/mol. The number of nitrogens with one attached hydrogen (secondary N) is 3. The third kappa shape index (κ3) is 8.18. The maximum absolute atomic E-state index is 12.0. The highest BCUT2D eigenvalue weighted by Crippen LogP contribution is 2.17. The number of amides is 1. The molecule has 0 fully saturated rings. The van der Waals surface area contributed by atoms with Crippen LogP contribution in [0.25, 0.3) is 0 Å². The fourth-order valence-electron chi connectivity index (χ4n) is 2.52. The van der Waals surface area contributed by atoms with Gasteiger partial charge in [0.2, 0.25) is 0 Å². The lowest BCUT2D eigenvalue weighted by atomic mass is 10.2. The fraction of sp³-hybridized carbons (Fsp3) is 0.333. The summed E-state index contributed by atoms with van der Waals surface area (Å²) in [7, 11) is 1.72. The third-order valence-electron chi connectivity index (χ3n) is 4.00. The number of carbonyl (C=O) groups is 1. The molecule has 29 heavy (non-hydrogen) atoms. The van der Waals surface area contributed by atoms with Crippen molar-refractivity contribution in [3.05, 3.63) is 66.1 Å². The van der Waals surface area contributed by atoms with E-state index in [4.69, 9.17) is 9.15 Å². The van der Waals surface area contributed by atoms with E-state index >= 15 is 0 Å². The number of guanidine groups is 1. The molecular formula is C21H29IN4O3. The van der Waals surface area contributed by atoms with E-state index in [0.717, 1.165) is 23.3 Å². The van der Waals surface area contributed by atoms with E-state index in [1.165, 1.54) is 6.26 Å². The molecule has 158 valence electrons. The summed E-state index contributed by atoms with van der Waals surface area (Å²) >= 11 is 0. The van der Waals surface area contributed by atoms with Crippen LogP contribution in [0, 0.1) is 6.92 Å². The molecule has 0 saturated heterocycles. The second-order valence-corrected chi connectivity index (χ2v) is 6.10. The van der Waals surface area contributed by atoms with Gasteiger partial charge in [0.25, 0.3) is 5.91 Å². The Morgan fingerprint density at radius 1 is 1.21 bits per heavy atom. The number of para-hydroxylation sites is 1.